The highest BCUT2D eigenvalue weighted by atomic mass is 32.2. The molecule has 0 bridgehead atoms. The second-order valence-corrected chi connectivity index (χ2v) is 4.99. The lowest BCUT2D eigenvalue weighted by atomic mass is 10.2. The number of nitrogens with zero attached hydrogens (tertiary/aromatic N) is 4. The topological polar surface area (TPSA) is 76.7 Å². The van der Waals surface area contributed by atoms with E-state index in [-0.39, 0.29) is 22.8 Å². The van der Waals surface area contributed by atoms with Crippen LogP contribution in [0.4, 0.5) is 24.7 Å². The van der Waals surface area contributed by atoms with Gasteiger partial charge in [0, 0.05) is 5.69 Å². The van der Waals surface area contributed by atoms with Crippen molar-refractivity contribution in [1.82, 2.24) is 20.3 Å². The normalized spacial score (nSPS) is 11.8. The van der Waals surface area contributed by atoms with Crippen molar-refractivity contribution < 1.29 is 17.8 Å². The number of alkyl halides is 3. The minimum absolute atomic E-state index is 0.173. The predicted molar refractivity (Wildman–Crippen MR) is 73.9 cm³/mol. The molecular weight excluding hydrogens is 319 g/mol. The van der Waals surface area contributed by atoms with Crippen LogP contribution in [-0.4, -0.2) is 26.5 Å². The fourth-order valence-electron chi connectivity index (χ4n) is 1.76. The first-order valence-electron chi connectivity index (χ1n) is 5.96. The Bertz CT molecular complexity index is 820. The number of halogens is 3. The van der Waals surface area contributed by atoms with Crippen LogP contribution in [0.25, 0.3) is 11.3 Å². The minimum Gasteiger partial charge on any atom is -0.338 e. The van der Waals surface area contributed by atoms with Gasteiger partial charge in [-0.25, -0.2) is 14.6 Å². The summed E-state index contributed by atoms with van der Waals surface area (Å²) in [5.74, 6) is 0.287. The Labute approximate surface area is 126 Å². The third-order valence-corrected chi connectivity index (χ3v) is 3.40. The summed E-state index contributed by atoms with van der Waals surface area (Å²) in [6.07, 6.45) is -2.65. The molecule has 1 aromatic carbocycles. The average molecular weight is 327 g/mol. The van der Waals surface area contributed by atoms with E-state index in [9.17, 15) is 13.2 Å². The summed E-state index contributed by atoms with van der Waals surface area (Å²) in [5, 5.41) is 10.4. The molecule has 2 aromatic heterocycles. The molecule has 0 spiro atoms. The van der Waals surface area contributed by atoms with Gasteiger partial charge in [0.15, 0.2) is 5.82 Å². The molecule has 10 heteroatoms. The molecule has 0 fully saturated rings. The summed E-state index contributed by atoms with van der Waals surface area (Å²) in [5.41, 5.74) is -0.0956. The molecule has 6 nitrogen and oxygen atoms in total. The number of nitrogens with one attached hydrogen (secondary N) is 1. The van der Waals surface area contributed by atoms with Crippen LogP contribution in [-0.2, 0) is 6.18 Å². The molecule has 0 saturated heterocycles. The lowest BCUT2D eigenvalue weighted by Crippen LogP contribution is -2.06. The van der Waals surface area contributed by atoms with Gasteiger partial charge in [-0.3, -0.25) is 0 Å². The van der Waals surface area contributed by atoms with Gasteiger partial charge in [-0.05, 0) is 34.8 Å². The molecule has 0 saturated carbocycles. The van der Waals surface area contributed by atoms with Gasteiger partial charge in [0.1, 0.15) is 5.03 Å². The first-order valence-corrected chi connectivity index (χ1v) is 7.18. The van der Waals surface area contributed by atoms with Gasteiger partial charge in [0.25, 0.3) is 0 Å². The summed E-state index contributed by atoms with van der Waals surface area (Å²) in [4.78, 5) is 8.32. The Morgan fingerprint density at radius 2 is 1.86 bits per heavy atom. The zero-order chi connectivity index (χ0) is 15.7. The SMILES string of the molecule is CSc1nc2nonc2nc1Nc1cccc(C(F)(F)F)c1. The third kappa shape index (κ3) is 2.82. The Morgan fingerprint density at radius 1 is 1.14 bits per heavy atom. The molecule has 0 aliphatic heterocycles. The number of hydrogen-bond donors (Lipinski definition) is 1. The van der Waals surface area contributed by atoms with Crippen molar-refractivity contribution in [3.05, 3.63) is 29.8 Å². The van der Waals surface area contributed by atoms with Crippen LogP contribution in [0.3, 0.4) is 0 Å². The number of fused-ring (bicyclic) bond motifs is 1. The van der Waals surface area contributed by atoms with E-state index in [0.29, 0.717) is 5.03 Å². The van der Waals surface area contributed by atoms with E-state index in [1.54, 1.807) is 6.26 Å². The maximum atomic E-state index is 12.7. The highest BCUT2D eigenvalue weighted by Crippen LogP contribution is 2.32. The molecule has 22 heavy (non-hydrogen) atoms. The van der Waals surface area contributed by atoms with Gasteiger partial charge < -0.3 is 5.32 Å². The van der Waals surface area contributed by atoms with Gasteiger partial charge in [-0.1, -0.05) is 6.07 Å². The fraction of sp³-hybridized carbons (Fsp3) is 0.167. The predicted octanol–water partition coefficient (Wildman–Crippen LogP) is 3.50. The van der Waals surface area contributed by atoms with Crippen molar-refractivity contribution in [2.75, 3.05) is 11.6 Å². The van der Waals surface area contributed by atoms with Gasteiger partial charge in [0.05, 0.1) is 5.56 Å². The second kappa shape index (κ2) is 5.44. The van der Waals surface area contributed by atoms with Gasteiger partial charge in [-0.15, -0.1) is 11.8 Å². The number of benzene rings is 1. The Hall–Kier alpha value is -2.36. The van der Waals surface area contributed by atoms with Crippen LogP contribution in [0, 0.1) is 0 Å². The lowest BCUT2D eigenvalue weighted by Gasteiger charge is -2.11. The Balaban J connectivity index is 1.99. The highest BCUT2D eigenvalue weighted by Gasteiger charge is 2.30. The smallest absolute Gasteiger partial charge is 0.338 e. The molecule has 1 N–H and O–H groups in total. The Kier molecular flexibility index (Phi) is 3.61. The van der Waals surface area contributed by atoms with Crippen molar-refractivity contribution >= 4 is 34.6 Å². The number of aromatic nitrogens is 4. The standard InChI is InChI=1S/C12H8F3N5OS/c1-22-11-10(17-8-9(18-11)20-21-19-8)16-7-4-2-3-6(5-7)12(13,14)15/h2-5H,1H3,(H,16,17,19). The highest BCUT2D eigenvalue weighted by molar-refractivity contribution is 7.98. The summed E-state index contributed by atoms with van der Waals surface area (Å²) >= 11 is 1.27. The quantitative estimate of drug-likeness (QED) is 0.738. The molecule has 2 heterocycles. The van der Waals surface area contributed by atoms with Crippen LogP contribution in [0.15, 0.2) is 33.9 Å². The van der Waals surface area contributed by atoms with Crippen LogP contribution in [0.2, 0.25) is 0 Å². The van der Waals surface area contributed by atoms with Crippen molar-refractivity contribution in [1.29, 1.82) is 0 Å². The van der Waals surface area contributed by atoms with E-state index >= 15 is 0 Å². The van der Waals surface area contributed by atoms with Gasteiger partial charge in [0.2, 0.25) is 11.3 Å². The average Bonchev–Trinajstić information content (AvgIpc) is 2.93. The van der Waals surface area contributed by atoms with Crippen LogP contribution >= 0.6 is 11.8 Å². The summed E-state index contributed by atoms with van der Waals surface area (Å²) < 4.78 is 42.7. The van der Waals surface area contributed by atoms with E-state index < -0.39 is 11.7 Å². The number of anilines is 2. The fourth-order valence-corrected chi connectivity index (χ4v) is 2.22. The van der Waals surface area contributed by atoms with Crippen LogP contribution < -0.4 is 5.32 Å². The van der Waals surface area contributed by atoms with Gasteiger partial charge in [-0.2, -0.15) is 13.2 Å². The number of rotatable bonds is 3. The largest absolute Gasteiger partial charge is 0.416 e. The van der Waals surface area contributed by atoms with E-state index in [1.165, 1.54) is 23.9 Å². The monoisotopic (exact) mass is 327 g/mol. The molecule has 0 aliphatic rings. The first-order chi connectivity index (χ1) is 10.5. The molecule has 0 atom stereocenters. The first kappa shape index (κ1) is 14.6. The van der Waals surface area contributed by atoms with Gasteiger partial charge >= 0.3 is 6.18 Å². The van der Waals surface area contributed by atoms with Crippen molar-refractivity contribution in [3.63, 3.8) is 0 Å². The van der Waals surface area contributed by atoms with Crippen molar-refractivity contribution in [2.24, 2.45) is 0 Å². The summed E-state index contributed by atoms with van der Waals surface area (Å²) in [6, 6.07) is 4.81. The molecule has 0 radical (unpaired) electrons. The van der Waals surface area contributed by atoms with Crippen molar-refractivity contribution in [3.8, 4) is 0 Å². The molecule has 0 aliphatic carbocycles. The molecular formula is C12H8F3N5OS. The number of thioether (sulfide) groups is 1. The number of hydrogen-bond acceptors (Lipinski definition) is 7. The molecule has 3 rings (SSSR count). The Morgan fingerprint density at radius 3 is 2.55 bits per heavy atom. The van der Waals surface area contributed by atoms with Crippen LogP contribution in [0.1, 0.15) is 5.56 Å². The molecule has 114 valence electrons. The van der Waals surface area contributed by atoms with Crippen LogP contribution in [0.5, 0.6) is 0 Å². The van der Waals surface area contributed by atoms with Crippen molar-refractivity contribution in [2.45, 2.75) is 11.2 Å². The molecule has 3 aromatic rings. The van der Waals surface area contributed by atoms with E-state index in [0.717, 1.165) is 12.1 Å². The molecule has 0 unspecified atom stereocenters. The summed E-state index contributed by atoms with van der Waals surface area (Å²) in [7, 11) is 0. The summed E-state index contributed by atoms with van der Waals surface area (Å²) in [6.45, 7) is 0. The molecule has 0 amide bonds. The lowest BCUT2D eigenvalue weighted by molar-refractivity contribution is -0.137. The zero-order valence-electron chi connectivity index (χ0n) is 11.0. The maximum Gasteiger partial charge on any atom is 0.416 e. The van der Waals surface area contributed by atoms with E-state index in [2.05, 4.69) is 30.2 Å². The van der Waals surface area contributed by atoms with E-state index in [4.69, 9.17) is 0 Å². The third-order valence-electron chi connectivity index (χ3n) is 2.73. The van der Waals surface area contributed by atoms with E-state index in [1.807, 2.05) is 0 Å². The second-order valence-electron chi connectivity index (χ2n) is 4.20. The zero-order valence-corrected chi connectivity index (χ0v) is 11.9. The minimum atomic E-state index is -4.41. The maximum absolute atomic E-state index is 12.7.